The van der Waals surface area contributed by atoms with Gasteiger partial charge in [0.1, 0.15) is 18.2 Å². The van der Waals surface area contributed by atoms with Crippen molar-refractivity contribution in [3.8, 4) is 0 Å². The molecule has 1 heterocycles. The van der Waals surface area contributed by atoms with E-state index in [0.29, 0.717) is 11.3 Å². The Kier molecular flexibility index (Phi) is 6.36. The molecule has 1 fully saturated rings. The molecule has 5 nitrogen and oxygen atoms in total. The van der Waals surface area contributed by atoms with Crippen molar-refractivity contribution in [2.45, 2.75) is 18.9 Å². The molecule has 1 aliphatic heterocycles. The second-order valence-electron chi connectivity index (χ2n) is 6.95. The fourth-order valence-electron chi connectivity index (χ4n) is 3.33. The molecule has 0 aromatic heterocycles. The molecule has 148 valence electrons. The number of carbonyl (C=O) groups is 1. The average Bonchev–Trinajstić information content (AvgIpc) is 2.66. The van der Waals surface area contributed by atoms with Gasteiger partial charge in [-0.15, -0.1) is 0 Å². The van der Waals surface area contributed by atoms with Crippen LogP contribution in [0.4, 0.5) is 14.5 Å². The van der Waals surface area contributed by atoms with Crippen molar-refractivity contribution < 1.29 is 18.7 Å². The molecule has 1 aliphatic rings. The summed E-state index contributed by atoms with van der Waals surface area (Å²) < 4.78 is 28.5. The molecule has 2 aromatic carbocycles. The van der Waals surface area contributed by atoms with Crippen molar-refractivity contribution in [1.29, 1.82) is 0 Å². The van der Waals surface area contributed by atoms with E-state index in [4.69, 9.17) is 5.11 Å². The number of rotatable bonds is 6. The number of halogens is 2. The number of nitrogens with one attached hydrogen (secondary N) is 1. The van der Waals surface area contributed by atoms with Gasteiger partial charge >= 0.3 is 5.97 Å². The summed E-state index contributed by atoms with van der Waals surface area (Å²) in [6.07, 6.45) is 1.85. The van der Waals surface area contributed by atoms with Gasteiger partial charge in [-0.2, -0.15) is 0 Å². The number of anilines is 1. The van der Waals surface area contributed by atoms with Crippen molar-refractivity contribution in [1.82, 2.24) is 4.90 Å². The lowest BCUT2D eigenvalue weighted by molar-refractivity contribution is -0.135. The Labute approximate surface area is 162 Å². The largest absolute Gasteiger partial charge is 0.480 e. The zero-order valence-corrected chi connectivity index (χ0v) is 15.7. The highest BCUT2D eigenvalue weighted by Gasteiger charge is 2.21. The van der Waals surface area contributed by atoms with Gasteiger partial charge in [-0.25, -0.2) is 8.78 Å². The summed E-state index contributed by atoms with van der Waals surface area (Å²) in [6.45, 7) is 1.36. The predicted molar refractivity (Wildman–Crippen MR) is 105 cm³/mol. The Morgan fingerprint density at radius 2 is 1.89 bits per heavy atom. The van der Waals surface area contributed by atoms with Crippen molar-refractivity contribution >= 4 is 17.4 Å². The maximum Gasteiger partial charge on any atom is 0.325 e. The number of aliphatic carboxylic acids is 1. The molecule has 2 N–H and O–H groups in total. The maximum atomic E-state index is 14.4. The number of nitrogens with zero attached hydrogens (tertiary/aromatic N) is 2. The summed E-state index contributed by atoms with van der Waals surface area (Å²) in [5.74, 6) is -2.18. The van der Waals surface area contributed by atoms with E-state index in [0.717, 1.165) is 25.9 Å². The van der Waals surface area contributed by atoms with Gasteiger partial charge in [-0.3, -0.25) is 9.79 Å². The molecular weight excluding hydrogens is 364 g/mol. The van der Waals surface area contributed by atoms with Crippen LogP contribution in [0.15, 0.2) is 47.5 Å². The first-order valence-corrected chi connectivity index (χ1v) is 9.20. The van der Waals surface area contributed by atoms with Crippen LogP contribution in [-0.4, -0.2) is 54.4 Å². The topological polar surface area (TPSA) is 64.9 Å². The molecule has 2 aromatic rings. The minimum absolute atomic E-state index is 0.121. The fourth-order valence-corrected chi connectivity index (χ4v) is 3.33. The first kappa shape index (κ1) is 19.9. The highest BCUT2D eigenvalue weighted by molar-refractivity contribution is 6.16. The fraction of sp³-hybridized carbons (Fsp3) is 0.333. The molecule has 0 amide bonds. The summed E-state index contributed by atoms with van der Waals surface area (Å²) in [7, 11) is 2.06. The number of benzene rings is 2. The van der Waals surface area contributed by atoms with Crippen LogP contribution in [0.3, 0.4) is 0 Å². The van der Waals surface area contributed by atoms with Gasteiger partial charge in [0.05, 0.1) is 5.71 Å². The van der Waals surface area contributed by atoms with E-state index < -0.39 is 24.1 Å². The molecule has 7 heteroatoms. The smallest absolute Gasteiger partial charge is 0.325 e. The molecule has 1 saturated heterocycles. The lowest BCUT2D eigenvalue weighted by Gasteiger charge is -2.31. The van der Waals surface area contributed by atoms with Gasteiger partial charge < -0.3 is 15.3 Å². The van der Waals surface area contributed by atoms with Crippen molar-refractivity contribution in [3.63, 3.8) is 0 Å². The van der Waals surface area contributed by atoms with Gasteiger partial charge in [0.15, 0.2) is 0 Å². The molecule has 0 aliphatic carbocycles. The van der Waals surface area contributed by atoms with E-state index in [1.54, 1.807) is 12.1 Å². The molecule has 0 radical (unpaired) electrons. The van der Waals surface area contributed by atoms with E-state index in [9.17, 15) is 13.6 Å². The van der Waals surface area contributed by atoms with Crippen molar-refractivity contribution in [2.24, 2.45) is 4.99 Å². The van der Waals surface area contributed by atoms with Crippen LogP contribution < -0.4 is 5.32 Å². The van der Waals surface area contributed by atoms with E-state index >= 15 is 0 Å². The lowest BCUT2D eigenvalue weighted by Crippen LogP contribution is -2.37. The standard InChI is InChI=1S/C21H23F2N3O2/c1-26-10-8-15(9-11-26)25-19-7-6-14(22)12-17(19)21(24-13-20(27)28)16-4-2-3-5-18(16)23/h2-7,12,15,25H,8-11,13H2,1H3,(H,27,28). The number of aliphatic imine (C=N–C) groups is 1. The minimum atomic E-state index is -1.14. The highest BCUT2D eigenvalue weighted by Crippen LogP contribution is 2.25. The van der Waals surface area contributed by atoms with Crippen LogP contribution in [-0.2, 0) is 4.79 Å². The molecule has 0 unspecified atom stereocenters. The van der Waals surface area contributed by atoms with Crippen molar-refractivity contribution in [2.75, 3.05) is 32.0 Å². The Balaban J connectivity index is 2.01. The van der Waals surface area contributed by atoms with Crippen LogP contribution in [0, 0.1) is 11.6 Å². The zero-order chi connectivity index (χ0) is 20.1. The third-order valence-corrected chi connectivity index (χ3v) is 4.82. The first-order valence-electron chi connectivity index (χ1n) is 9.20. The Morgan fingerprint density at radius 1 is 1.18 bits per heavy atom. The van der Waals surface area contributed by atoms with Gasteiger partial charge in [0.25, 0.3) is 0 Å². The predicted octanol–water partition coefficient (Wildman–Crippen LogP) is 3.39. The van der Waals surface area contributed by atoms with E-state index in [2.05, 4.69) is 22.3 Å². The van der Waals surface area contributed by atoms with Crippen LogP contribution in [0.1, 0.15) is 24.0 Å². The second-order valence-corrected chi connectivity index (χ2v) is 6.95. The lowest BCUT2D eigenvalue weighted by atomic mass is 9.98. The molecule has 0 atom stereocenters. The van der Waals surface area contributed by atoms with E-state index in [-0.39, 0.29) is 17.3 Å². The monoisotopic (exact) mass is 387 g/mol. The number of carboxylic acid groups (broad SMARTS) is 1. The summed E-state index contributed by atoms with van der Waals surface area (Å²) in [6, 6.07) is 10.4. The maximum absolute atomic E-state index is 14.4. The summed E-state index contributed by atoms with van der Waals surface area (Å²) in [5, 5.41) is 12.5. The molecule has 0 spiro atoms. The van der Waals surface area contributed by atoms with Gasteiger partial charge in [-0.05, 0) is 63.3 Å². The molecule has 0 bridgehead atoms. The van der Waals surface area contributed by atoms with E-state index in [1.807, 2.05) is 0 Å². The Bertz CT molecular complexity index is 878. The third-order valence-electron chi connectivity index (χ3n) is 4.82. The van der Waals surface area contributed by atoms with Crippen LogP contribution in [0.5, 0.6) is 0 Å². The molecule has 3 rings (SSSR count). The van der Waals surface area contributed by atoms with Crippen molar-refractivity contribution in [3.05, 3.63) is 65.2 Å². The molecule has 28 heavy (non-hydrogen) atoms. The minimum Gasteiger partial charge on any atom is -0.480 e. The van der Waals surface area contributed by atoms with Gasteiger partial charge in [-0.1, -0.05) is 12.1 Å². The quantitative estimate of drug-likeness (QED) is 0.746. The average molecular weight is 387 g/mol. The number of hydrogen-bond donors (Lipinski definition) is 2. The number of piperidine rings is 1. The van der Waals surface area contributed by atoms with Crippen LogP contribution >= 0.6 is 0 Å². The van der Waals surface area contributed by atoms with Gasteiger partial charge in [0.2, 0.25) is 0 Å². The van der Waals surface area contributed by atoms with Crippen LogP contribution in [0.25, 0.3) is 0 Å². The first-order chi connectivity index (χ1) is 13.4. The summed E-state index contributed by atoms with van der Waals surface area (Å²) in [4.78, 5) is 17.4. The van der Waals surface area contributed by atoms with Crippen LogP contribution in [0.2, 0.25) is 0 Å². The molecular formula is C21H23F2N3O2. The second kappa shape index (κ2) is 8.93. The highest BCUT2D eigenvalue weighted by atomic mass is 19.1. The number of carboxylic acids is 1. The zero-order valence-electron chi connectivity index (χ0n) is 15.7. The Hall–Kier alpha value is -2.80. The number of likely N-dealkylation sites (tertiary alicyclic amines) is 1. The summed E-state index contributed by atoms with van der Waals surface area (Å²) >= 11 is 0. The van der Waals surface area contributed by atoms with Gasteiger partial charge in [0, 0.05) is 22.9 Å². The summed E-state index contributed by atoms with van der Waals surface area (Å²) in [5.41, 5.74) is 1.23. The molecule has 0 saturated carbocycles. The SMILES string of the molecule is CN1CCC(Nc2ccc(F)cc2C(=NCC(=O)O)c2ccccc2F)CC1. The third kappa shape index (κ3) is 4.92. The normalized spacial score (nSPS) is 16.2. The van der Waals surface area contributed by atoms with E-state index in [1.165, 1.54) is 30.3 Å². The Morgan fingerprint density at radius 3 is 2.57 bits per heavy atom. The number of hydrogen-bond acceptors (Lipinski definition) is 4.